The summed E-state index contributed by atoms with van der Waals surface area (Å²) in [5.41, 5.74) is 1.72. The molecule has 0 aliphatic heterocycles. The highest BCUT2D eigenvalue weighted by atomic mass is 32.1. The highest BCUT2D eigenvalue weighted by molar-refractivity contribution is 7.80. The molecule has 1 fully saturated rings. The Balaban J connectivity index is 1.32. The van der Waals surface area contributed by atoms with Gasteiger partial charge in [0.15, 0.2) is 5.11 Å². The number of nitrogens with zero attached hydrogens (tertiary/aromatic N) is 3. The zero-order chi connectivity index (χ0) is 21.8. The van der Waals surface area contributed by atoms with Gasteiger partial charge in [0.05, 0.1) is 5.52 Å². The van der Waals surface area contributed by atoms with Gasteiger partial charge in [0.2, 0.25) is 5.95 Å². The summed E-state index contributed by atoms with van der Waals surface area (Å²) in [5, 5.41) is 11.6. The number of para-hydroxylation sites is 1. The Hall–Kier alpha value is -3.00. The fourth-order valence-electron chi connectivity index (χ4n) is 3.92. The van der Waals surface area contributed by atoms with E-state index in [0.29, 0.717) is 23.1 Å². The zero-order valence-electron chi connectivity index (χ0n) is 17.7. The SMILES string of the molecule is CN(C)c1nc(N[C@H]2CC[C@@H](NC(=S)Nc3ccc(F)cc3)CC2)nc2ccccc12. The lowest BCUT2D eigenvalue weighted by atomic mass is 9.91. The quantitative estimate of drug-likeness (QED) is 0.505. The van der Waals surface area contributed by atoms with E-state index >= 15 is 0 Å². The van der Waals surface area contributed by atoms with Crippen LogP contribution >= 0.6 is 12.2 Å². The molecule has 1 aliphatic rings. The maximum absolute atomic E-state index is 13.0. The summed E-state index contributed by atoms with van der Waals surface area (Å²) in [4.78, 5) is 11.5. The van der Waals surface area contributed by atoms with Crippen LogP contribution in [0.15, 0.2) is 48.5 Å². The van der Waals surface area contributed by atoms with Gasteiger partial charge in [-0.15, -0.1) is 0 Å². The largest absolute Gasteiger partial charge is 0.362 e. The molecule has 162 valence electrons. The van der Waals surface area contributed by atoms with E-state index in [2.05, 4.69) is 16.0 Å². The van der Waals surface area contributed by atoms with Crippen LogP contribution in [0.25, 0.3) is 10.9 Å². The second-order valence-corrected chi connectivity index (χ2v) is 8.49. The summed E-state index contributed by atoms with van der Waals surface area (Å²) in [7, 11) is 4.00. The van der Waals surface area contributed by atoms with Gasteiger partial charge in [0.25, 0.3) is 0 Å². The van der Waals surface area contributed by atoms with Gasteiger partial charge in [-0.3, -0.25) is 0 Å². The summed E-state index contributed by atoms with van der Waals surface area (Å²) in [5.74, 6) is 1.33. The molecule has 0 atom stereocenters. The van der Waals surface area contributed by atoms with Gasteiger partial charge < -0.3 is 20.9 Å². The Kier molecular flexibility index (Phi) is 6.46. The number of rotatable bonds is 5. The lowest BCUT2D eigenvalue weighted by molar-refractivity contribution is 0.387. The Labute approximate surface area is 187 Å². The molecule has 31 heavy (non-hydrogen) atoms. The van der Waals surface area contributed by atoms with Crippen LogP contribution in [0.1, 0.15) is 25.7 Å². The zero-order valence-corrected chi connectivity index (χ0v) is 18.5. The first-order valence-corrected chi connectivity index (χ1v) is 10.9. The number of fused-ring (bicyclic) bond motifs is 1. The lowest BCUT2D eigenvalue weighted by Crippen LogP contribution is -2.42. The Morgan fingerprint density at radius 3 is 2.35 bits per heavy atom. The van der Waals surface area contributed by atoms with E-state index < -0.39 is 0 Å². The van der Waals surface area contributed by atoms with Crippen LogP contribution in [-0.2, 0) is 0 Å². The molecule has 0 bridgehead atoms. The summed E-state index contributed by atoms with van der Waals surface area (Å²) in [6, 6.07) is 14.9. The van der Waals surface area contributed by atoms with Crippen LogP contribution < -0.4 is 20.9 Å². The third-order valence-electron chi connectivity index (χ3n) is 5.50. The first-order valence-electron chi connectivity index (χ1n) is 10.5. The van der Waals surface area contributed by atoms with Crippen LogP contribution in [0.4, 0.5) is 21.8 Å². The molecule has 0 saturated heterocycles. The Morgan fingerprint density at radius 2 is 1.65 bits per heavy atom. The van der Waals surface area contributed by atoms with Crippen molar-refractivity contribution < 1.29 is 4.39 Å². The van der Waals surface area contributed by atoms with E-state index in [1.807, 2.05) is 43.3 Å². The number of thiocarbonyl (C=S) groups is 1. The molecular weight excluding hydrogens is 411 g/mol. The molecule has 0 unspecified atom stereocenters. The maximum Gasteiger partial charge on any atom is 0.225 e. The molecule has 0 radical (unpaired) electrons. The van der Waals surface area contributed by atoms with Crippen LogP contribution in [0.5, 0.6) is 0 Å². The molecular formula is C23H27FN6S. The molecule has 1 saturated carbocycles. The van der Waals surface area contributed by atoms with Gasteiger partial charge in [-0.05, 0) is 74.3 Å². The van der Waals surface area contributed by atoms with Crippen molar-refractivity contribution in [1.82, 2.24) is 15.3 Å². The summed E-state index contributed by atoms with van der Waals surface area (Å²) < 4.78 is 13.0. The number of benzene rings is 2. The molecule has 4 rings (SSSR count). The smallest absolute Gasteiger partial charge is 0.225 e. The van der Waals surface area contributed by atoms with Crippen LogP contribution in [0.2, 0.25) is 0 Å². The standard InChI is InChI=1S/C23H27FN6S/c1-30(2)21-19-5-3-4-6-20(19)28-22(29-21)25-16-11-13-18(14-12-16)27-23(31)26-17-9-7-15(24)8-10-17/h3-10,16,18H,11-14H2,1-2H3,(H,25,28,29)(H2,26,27,31)/t16-,18+. The number of aromatic nitrogens is 2. The minimum Gasteiger partial charge on any atom is -0.362 e. The van der Waals surface area contributed by atoms with E-state index in [1.54, 1.807) is 12.1 Å². The number of hydrogen-bond acceptors (Lipinski definition) is 5. The number of hydrogen-bond donors (Lipinski definition) is 3. The topological polar surface area (TPSA) is 65.1 Å². The van der Waals surface area contributed by atoms with E-state index in [4.69, 9.17) is 22.2 Å². The van der Waals surface area contributed by atoms with Crippen molar-refractivity contribution in [3.05, 3.63) is 54.3 Å². The Morgan fingerprint density at radius 1 is 0.968 bits per heavy atom. The molecule has 6 nitrogen and oxygen atoms in total. The van der Waals surface area contributed by atoms with Gasteiger partial charge in [0, 0.05) is 37.3 Å². The van der Waals surface area contributed by atoms with Crippen molar-refractivity contribution in [3.8, 4) is 0 Å². The van der Waals surface area contributed by atoms with Crippen LogP contribution in [0.3, 0.4) is 0 Å². The van der Waals surface area contributed by atoms with Crippen molar-refractivity contribution >= 4 is 45.7 Å². The first-order chi connectivity index (χ1) is 15.0. The van der Waals surface area contributed by atoms with Gasteiger partial charge in [-0.25, -0.2) is 9.37 Å². The second-order valence-electron chi connectivity index (χ2n) is 8.08. The average molecular weight is 439 g/mol. The lowest BCUT2D eigenvalue weighted by Gasteiger charge is -2.30. The summed E-state index contributed by atoms with van der Waals surface area (Å²) >= 11 is 5.41. The summed E-state index contributed by atoms with van der Waals surface area (Å²) in [6.07, 6.45) is 4.00. The molecule has 1 aliphatic carbocycles. The van der Waals surface area contributed by atoms with E-state index in [-0.39, 0.29) is 5.82 Å². The predicted octanol–water partition coefficient (Wildman–Crippen LogP) is 4.54. The van der Waals surface area contributed by atoms with Gasteiger partial charge in [0.1, 0.15) is 11.6 Å². The molecule has 0 amide bonds. The van der Waals surface area contributed by atoms with Gasteiger partial charge in [-0.2, -0.15) is 4.98 Å². The van der Waals surface area contributed by atoms with E-state index in [9.17, 15) is 4.39 Å². The van der Waals surface area contributed by atoms with Crippen molar-refractivity contribution in [2.45, 2.75) is 37.8 Å². The van der Waals surface area contributed by atoms with Gasteiger partial charge in [-0.1, -0.05) is 12.1 Å². The highest BCUT2D eigenvalue weighted by Gasteiger charge is 2.22. The first kappa shape index (κ1) is 21.2. The molecule has 1 heterocycles. The van der Waals surface area contributed by atoms with Crippen molar-refractivity contribution in [2.24, 2.45) is 0 Å². The van der Waals surface area contributed by atoms with Crippen molar-refractivity contribution in [2.75, 3.05) is 29.6 Å². The second kappa shape index (κ2) is 9.43. The molecule has 1 aromatic heterocycles. The average Bonchev–Trinajstić information content (AvgIpc) is 2.76. The third kappa shape index (κ3) is 5.38. The highest BCUT2D eigenvalue weighted by Crippen LogP contribution is 2.26. The van der Waals surface area contributed by atoms with Gasteiger partial charge >= 0.3 is 0 Å². The maximum atomic E-state index is 13.0. The molecule has 2 aromatic carbocycles. The molecule has 3 N–H and O–H groups in total. The number of halogens is 1. The molecule has 0 spiro atoms. The fourth-order valence-corrected chi connectivity index (χ4v) is 4.20. The fraction of sp³-hybridized carbons (Fsp3) is 0.348. The van der Waals surface area contributed by atoms with Crippen molar-refractivity contribution in [3.63, 3.8) is 0 Å². The van der Waals surface area contributed by atoms with E-state index in [1.165, 1.54) is 12.1 Å². The predicted molar refractivity (Wildman–Crippen MR) is 129 cm³/mol. The number of anilines is 3. The molecule has 3 aromatic rings. The van der Waals surface area contributed by atoms with Crippen LogP contribution in [-0.4, -0.2) is 41.3 Å². The molecule has 8 heteroatoms. The monoisotopic (exact) mass is 438 g/mol. The summed E-state index contributed by atoms with van der Waals surface area (Å²) in [6.45, 7) is 0. The Bertz CT molecular complexity index is 1050. The minimum absolute atomic E-state index is 0.261. The normalized spacial score (nSPS) is 18.4. The van der Waals surface area contributed by atoms with E-state index in [0.717, 1.165) is 48.1 Å². The minimum atomic E-state index is -0.261. The number of nitrogens with one attached hydrogen (secondary N) is 3. The van der Waals surface area contributed by atoms with Crippen LogP contribution in [0, 0.1) is 5.82 Å². The van der Waals surface area contributed by atoms with Crippen molar-refractivity contribution in [1.29, 1.82) is 0 Å². The third-order valence-corrected chi connectivity index (χ3v) is 5.72.